The van der Waals surface area contributed by atoms with Crippen molar-refractivity contribution in [3.63, 3.8) is 0 Å². The van der Waals surface area contributed by atoms with Gasteiger partial charge in [-0.1, -0.05) is 32.9 Å². The van der Waals surface area contributed by atoms with E-state index in [1.807, 2.05) is 12.1 Å². The molecule has 0 radical (unpaired) electrons. The van der Waals surface area contributed by atoms with Crippen LogP contribution in [0.5, 0.6) is 5.75 Å². The predicted molar refractivity (Wildman–Crippen MR) is 88.8 cm³/mol. The van der Waals surface area contributed by atoms with Gasteiger partial charge in [0.1, 0.15) is 12.4 Å². The van der Waals surface area contributed by atoms with E-state index in [1.165, 1.54) is 12.0 Å². The first-order valence-corrected chi connectivity index (χ1v) is 8.22. The van der Waals surface area contributed by atoms with Crippen LogP contribution in [0.3, 0.4) is 0 Å². The summed E-state index contributed by atoms with van der Waals surface area (Å²) in [5.41, 5.74) is 1.26. The van der Waals surface area contributed by atoms with Crippen LogP contribution in [0.1, 0.15) is 45.6 Å². The van der Waals surface area contributed by atoms with Crippen molar-refractivity contribution < 1.29 is 9.47 Å². The summed E-state index contributed by atoms with van der Waals surface area (Å²) in [6.45, 7) is 10.7. The highest BCUT2D eigenvalue weighted by Gasteiger charge is 1.98. The number of benzene rings is 1. The quantitative estimate of drug-likeness (QED) is 0.590. The minimum Gasteiger partial charge on any atom is -0.491 e. The molecule has 3 nitrogen and oxygen atoms in total. The summed E-state index contributed by atoms with van der Waals surface area (Å²) in [5, 5.41) is 3.40. The van der Waals surface area contributed by atoms with Crippen LogP contribution in [0.25, 0.3) is 0 Å². The Hall–Kier alpha value is -1.06. The van der Waals surface area contributed by atoms with Crippen molar-refractivity contribution in [3.05, 3.63) is 29.8 Å². The van der Waals surface area contributed by atoms with Crippen LogP contribution in [0.2, 0.25) is 0 Å². The molecule has 0 amide bonds. The van der Waals surface area contributed by atoms with Crippen LogP contribution in [0.4, 0.5) is 0 Å². The Morgan fingerprint density at radius 2 is 2.00 bits per heavy atom. The molecular weight excluding hydrogens is 262 g/mol. The summed E-state index contributed by atoms with van der Waals surface area (Å²) >= 11 is 0. The molecule has 120 valence electrons. The zero-order chi connectivity index (χ0) is 15.3. The van der Waals surface area contributed by atoms with Crippen molar-refractivity contribution >= 4 is 0 Å². The molecule has 1 rings (SSSR count). The molecule has 0 atom stereocenters. The fourth-order valence-corrected chi connectivity index (χ4v) is 2.07. The SMILES string of the molecule is CCCNCc1cccc(OCCOCCCC(C)C)c1. The van der Waals surface area contributed by atoms with Gasteiger partial charge in [-0.15, -0.1) is 0 Å². The van der Waals surface area contributed by atoms with Crippen molar-refractivity contribution in [3.8, 4) is 5.75 Å². The van der Waals surface area contributed by atoms with E-state index in [2.05, 4.69) is 38.2 Å². The minimum atomic E-state index is 0.619. The summed E-state index contributed by atoms with van der Waals surface area (Å²) in [7, 11) is 0. The monoisotopic (exact) mass is 293 g/mol. The molecule has 0 aliphatic carbocycles. The Labute approximate surface area is 130 Å². The second kappa shape index (κ2) is 11.6. The van der Waals surface area contributed by atoms with Gasteiger partial charge in [0.25, 0.3) is 0 Å². The maximum Gasteiger partial charge on any atom is 0.119 e. The Bertz CT molecular complexity index is 366. The Morgan fingerprint density at radius 3 is 2.76 bits per heavy atom. The second-order valence-corrected chi connectivity index (χ2v) is 5.82. The van der Waals surface area contributed by atoms with Gasteiger partial charge in [-0.2, -0.15) is 0 Å². The lowest BCUT2D eigenvalue weighted by Gasteiger charge is -2.09. The van der Waals surface area contributed by atoms with Gasteiger partial charge in [0.05, 0.1) is 6.61 Å². The van der Waals surface area contributed by atoms with Gasteiger partial charge in [0.15, 0.2) is 0 Å². The van der Waals surface area contributed by atoms with Crippen molar-refractivity contribution in [2.24, 2.45) is 5.92 Å². The molecule has 0 aromatic heterocycles. The van der Waals surface area contributed by atoms with Crippen molar-refractivity contribution in [2.45, 2.75) is 46.6 Å². The number of ether oxygens (including phenoxy) is 2. The van der Waals surface area contributed by atoms with Gasteiger partial charge in [-0.3, -0.25) is 0 Å². The fourth-order valence-electron chi connectivity index (χ4n) is 2.07. The topological polar surface area (TPSA) is 30.5 Å². The van der Waals surface area contributed by atoms with E-state index in [0.717, 1.165) is 44.2 Å². The third-order valence-corrected chi connectivity index (χ3v) is 3.22. The van der Waals surface area contributed by atoms with E-state index < -0.39 is 0 Å². The van der Waals surface area contributed by atoms with Gasteiger partial charge >= 0.3 is 0 Å². The molecule has 0 fully saturated rings. The number of hydrogen-bond donors (Lipinski definition) is 1. The van der Waals surface area contributed by atoms with E-state index in [-0.39, 0.29) is 0 Å². The lowest BCUT2D eigenvalue weighted by atomic mass is 10.1. The molecule has 0 unspecified atom stereocenters. The molecule has 0 saturated heterocycles. The van der Waals surface area contributed by atoms with Crippen LogP contribution >= 0.6 is 0 Å². The third-order valence-electron chi connectivity index (χ3n) is 3.22. The first-order chi connectivity index (χ1) is 10.2. The fraction of sp³-hybridized carbons (Fsp3) is 0.667. The maximum atomic E-state index is 5.73. The highest BCUT2D eigenvalue weighted by atomic mass is 16.5. The predicted octanol–water partition coefficient (Wildman–Crippen LogP) is 4.02. The molecule has 1 aromatic carbocycles. The van der Waals surface area contributed by atoms with Crippen LogP contribution < -0.4 is 10.1 Å². The molecule has 0 bridgehead atoms. The summed E-state index contributed by atoms with van der Waals surface area (Å²) in [5.74, 6) is 1.69. The average Bonchev–Trinajstić information content (AvgIpc) is 2.47. The summed E-state index contributed by atoms with van der Waals surface area (Å²) in [6.07, 6.45) is 3.52. The Balaban J connectivity index is 2.12. The minimum absolute atomic E-state index is 0.619. The zero-order valence-electron chi connectivity index (χ0n) is 13.9. The molecular formula is C18H31NO2. The molecule has 1 aromatic rings. The average molecular weight is 293 g/mol. The van der Waals surface area contributed by atoms with E-state index >= 15 is 0 Å². The zero-order valence-corrected chi connectivity index (χ0v) is 13.9. The molecule has 0 saturated carbocycles. The van der Waals surface area contributed by atoms with Crippen LogP contribution in [0.15, 0.2) is 24.3 Å². The number of rotatable bonds is 12. The summed E-state index contributed by atoms with van der Waals surface area (Å²) in [6, 6.07) is 8.27. The van der Waals surface area contributed by atoms with E-state index in [4.69, 9.17) is 9.47 Å². The van der Waals surface area contributed by atoms with Crippen LogP contribution in [0, 0.1) is 5.92 Å². The second-order valence-electron chi connectivity index (χ2n) is 5.82. The third kappa shape index (κ3) is 9.48. The first-order valence-electron chi connectivity index (χ1n) is 8.22. The van der Waals surface area contributed by atoms with Crippen LogP contribution in [-0.4, -0.2) is 26.4 Å². The molecule has 1 N–H and O–H groups in total. The summed E-state index contributed by atoms with van der Waals surface area (Å²) < 4.78 is 11.3. The number of hydrogen-bond acceptors (Lipinski definition) is 3. The number of nitrogens with one attached hydrogen (secondary N) is 1. The molecule has 0 aliphatic rings. The van der Waals surface area contributed by atoms with Crippen molar-refractivity contribution in [1.82, 2.24) is 5.32 Å². The molecule has 21 heavy (non-hydrogen) atoms. The van der Waals surface area contributed by atoms with E-state index in [1.54, 1.807) is 0 Å². The summed E-state index contributed by atoms with van der Waals surface area (Å²) in [4.78, 5) is 0. The van der Waals surface area contributed by atoms with Gasteiger partial charge in [-0.05, 0) is 49.4 Å². The van der Waals surface area contributed by atoms with Gasteiger partial charge in [0.2, 0.25) is 0 Å². The highest BCUT2D eigenvalue weighted by Crippen LogP contribution is 2.13. The Kier molecular flexibility index (Phi) is 9.92. The van der Waals surface area contributed by atoms with Crippen molar-refractivity contribution in [1.29, 1.82) is 0 Å². The first kappa shape index (κ1) is 18.0. The Morgan fingerprint density at radius 1 is 1.14 bits per heavy atom. The highest BCUT2D eigenvalue weighted by molar-refractivity contribution is 5.28. The van der Waals surface area contributed by atoms with Crippen LogP contribution in [-0.2, 0) is 11.3 Å². The molecule has 0 aliphatic heterocycles. The van der Waals surface area contributed by atoms with Gasteiger partial charge in [-0.25, -0.2) is 0 Å². The smallest absolute Gasteiger partial charge is 0.119 e. The van der Waals surface area contributed by atoms with E-state index in [9.17, 15) is 0 Å². The molecule has 0 heterocycles. The lowest BCUT2D eigenvalue weighted by Crippen LogP contribution is -2.14. The maximum absolute atomic E-state index is 5.73. The lowest BCUT2D eigenvalue weighted by molar-refractivity contribution is 0.0957. The molecule has 3 heteroatoms. The standard InChI is InChI=1S/C18H31NO2/c1-4-10-19-15-17-8-5-9-18(14-17)21-13-12-20-11-6-7-16(2)3/h5,8-9,14,16,19H,4,6-7,10-13,15H2,1-3H3. The normalized spacial score (nSPS) is 11.0. The van der Waals surface area contributed by atoms with Crippen molar-refractivity contribution in [2.75, 3.05) is 26.4 Å². The van der Waals surface area contributed by atoms with Gasteiger partial charge < -0.3 is 14.8 Å². The molecule has 0 spiro atoms. The van der Waals surface area contributed by atoms with Gasteiger partial charge in [0, 0.05) is 13.2 Å². The largest absolute Gasteiger partial charge is 0.491 e. The van der Waals surface area contributed by atoms with E-state index in [0.29, 0.717) is 13.2 Å².